The Bertz CT molecular complexity index is 250. The second-order valence-corrected chi connectivity index (χ2v) is 3.96. The molecule has 1 heterocycles. The van der Waals surface area contributed by atoms with E-state index < -0.39 is 0 Å². The first kappa shape index (κ1) is 9.03. The Balaban J connectivity index is 2.75. The predicted molar refractivity (Wildman–Crippen MR) is 44.0 cm³/mol. The van der Waals surface area contributed by atoms with E-state index in [2.05, 4.69) is 35.7 Å². The Morgan fingerprint density at radius 3 is 2.50 bits per heavy atom. The smallest absolute Gasteiger partial charge is 0.278 e. The molecule has 12 heavy (non-hydrogen) atoms. The standard InChI is InChI=1S/C8H14N2O2/c1-8(2,3)5-6-7(11-4)10-12-9-6/h5H2,1-4H3. The van der Waals surface area contributed by atoms with Crippen molar-refractivity contribution in [3.63, 3.8) is 0 Å². The molecule has 0 radical (unpaired) electrons. The average Bonchev–Trinajstić information content (AvgIpc) is 2.31. The first-order chi connectivity index (χ1) is 5.53. The molecule has 4 heteroatoms. The molecule has 0 N–H and O–H groups in total. The van der Waals surface area contributed by atoms with Crippen LogP contribution in [0.25, 0.3) is 0 Å². The maximum atomic E-state index is 4.96. The molecule has 0 bridgehead atoms. The quantitative estimate of drug-likeness (QED) is 0.677. The second kappa shape index (κ2) is 3.13. The monoisotopic (exact) mass is 170 g/mol. The van der Waals surface area contributed by atoms with Gasteiger partial charge in [0.05, 0.1) is 7.11 Å². The first-order valence-electron chi connectivity index (χ1n) is 3.88. The number of methoxy groups -OCH3 is 1. The SMILES string of the molecule is COc1nonc1CC(C)(C)C. The van der Waals surface area contributed by atoms with Crippen LogP contribution in [0, 0.1) is 5.41 Å². The van der Waals surface area contributed by atoms with Gasteiger partial charge < -0.3 is 4.74 Å². The van der Waals surface area contributed by atoms with Crippen LogP contribution in [0.4, 0.5) is 0 Å². The van der Waals surface area contributed by atoms with E-state index in [4.69, 9.17) is 4.74 Å². The van der Waals surface area contributed by atoms with Crippen LogP contribution in [-0.2, 0) is 6.42 Å². The van der Waals surface area contributed by atoms with Crippen molar-refractivity contribution in [2.24, 2.45) is 5.41 Å². The van der Waals surface area contributed by atoms with Gasteiger partial charge in [-0.25, -0.2) is 4.63 Å². The van der Waals surface area contributed by atoms with Gasteiger partial charge in [-0.05, 0) is 10.6 Å². The minimum atomic E-state index is 0.172. The molecular formula is C8H14N2O2. The molecule has 1 rings (SSSR count). The highest BCUT2D eigenvalue weighted by molar-refractivity contribution is 5.15. The molecule has 0 saturated heterocycles. The van der Waals surface area contributed by atoms with E-state index in [0.29, 0.717) is 5.88 Å². The zero-order valence-corrected chi connectivity index (χ0v) is 7.92. The summed E-state index contributed by atoms with van der Waals surface area (Å²) in [6, 6.07) is 0. The van der Waals surface area contributed by atoms with Crippen molar-refractivity contribution in [1.82, 2.24) is 10.3 Å². The Kier molecular flexibility index (Phi) is 2.35. The Morgan fingerprint density at radius 2 is 2.00 bits per heavy atom. The van der Waals surface area contributed by atoms with Gasteiger partial charge in [-0.3, -0.25) is 0 Å². The Morgan fingerprint density at radius 1 is 1.33 bits per heavy atom. The molecule has 0 aromatic carbocycles. The molecule has 4 nitrogen and oxygen atoms in total. The minimum absolute atomic E-state index is 0.172. The van der Waals surface area contributed by atoms with Crippen LogP contribution in [0.15, 0.2) is 4.63 Å². The van der Waals surface area contributed by atoms with Gasteiger partial charge in [0, 0.05) is 6.42 Å². The number of hydrogen-bond acceptors (Lipinski definition) is 4. The summed E-state index contributed by atoms with van der Waals surface area (Å²) >= 11 is 0. The molecule has 0 spiro atoms. The van der Waals surface area contributed by atoms with Crippen molar-refractivity contribution in [3.8, 4) is 5.88 Å². The van der Waals surface area contributed by atoms with Gasteiger partial charge >= 0.3 is 0 Å². The van der Waals surface area contributed by atoms with Gasteiger partial charge in [0.1, 0.15) is 5.69 Å². The van der Waals surface area contributed by atoms with Gasteiger partial charge in [0.15, 0.2) is 0 Å². The summed E-state index contributed by atoms with van der Waals surface area (Å²) in [6.45, 7) is 6.38. The van der Waals surface area contributed by atoms with E-state index >= 15 is 0 Å². The third kappa shape index (κ3) is 2.22. The van der Waals surface area contributed by atoms with Crippen molar-refractivity contribution in [2.45, 2.75) is 27.2 Å². The topological polar surface area (TPSA) is 48.2 Å². The highest BCUT2D eigenvalue weighted by Crippen LogP contribution is 2.23. The van der Waals surface area contributed by atoms with Gasteiger partial charge in [0.2, 0.25) is 0 Å². The van der Waals surface area contributed by atoms with Crippen LogP contribution in [-0.4, -0.2) is 17.4 Å². The summed E-state index contributed by atoms with van der Waals surface area (Å²) in [5.74, 6) is 0.491. The summed E-state index contributed by atoms with van der Waals surface area (Å²) in [4.78, 5) is 0. The van der Waals surface area contributed by atoms with Gasteiger partial charge in [0.25, 0.3) is 5.88 Å². The molecule has 1 aromatic heterocycles. The number of ether oxygens (including phenoxy) is 1. The lowest BCUT2D eigenvalue weighted by molar-refractivity contribution is 0.279. The van der Waals surface area contributed by atoms with Gasteiger partial charge in [-0.2, -0.15) is 0 Å². The number of rotatable bonds is 2. The molecule has 0 aliphatic rings. The van der Waals surface area contributed by atoms with E-state index in [-0.39, 0.29) is 5.41 Å². The zero-order valence-electron chi connectivity index (χ0n) is 7.92. The van der Waals surface area contributed by atoms with Crippen molar-refractivity contribution in [3.05, 3.63) is 5.69 Å². The number of hydrogen-bond donors (Lipinski definition) is 0. The lowest BCUT2D eigenvalue weighted by atomic mass is 9.91. The highest BCUT2D eigenvalue weighted by atomic mass is 16.6. The van der Waals surface area contributed by atoms with Crippen LogP contribution < -0.4 is 4.74 Å². The van der Waals surface area contributed by atoms with E-state index in [1.54, 1.807) is 7.11 Å². The van der Waals surface area contributed by atoms with Crippen molar-refractivity contribution >= 4 is 0 Å². The third-order valence-electron chi connectivity index (χ3n) is 1.41. The van der Waals surface area contributed by atoms with Crippen molar-refractivity contribution in [1.29, 1.82) is 0 Å². The second-order valence-electron chi connectivity index (χ2n) is 3.96. The average molecular weight is 170 g/mol. The largest absolute Gasteiger partial charge is 0.477 e. The normalized spacial score (nSPS) is 11.7. The fourth-order valence-corrected chi connectivity index (χ4v) is 0.964. The molecule has 0 fully saturated rings. The Labute approximate surface area is 71.9 Å². The third-order valence-corrected chi connectivity index (χ3v) is 1.41. The number of aromatic nitrogens is 2. The molecule has 0 aliphatic carbocycles. The van der Waals surface area contributed by atoms with E-state index in [1.807, 2.05) is 0 Å². The van der Waals surface area contributed by atoms with Crippen molar-refractivity contribution < 1.29 is 9.37 Å². The summed E-state index contributed by atoms with van der Waals surface area (Å²) < 4.78 is 9.52. The maximum absolute atomic E-state index is 4.96. The van der Waals surface area contributed by atoms with E-state index in [9.17, 15) is 0 Å². The van der Waals surface area contributed by atoms with Crippen molar-refractivity contribution in [2.75, 3.05) is 7.11 Å². The van der Waals surface area contributed by atoms with Gasteiger partial charge in [-0.1, -0.05) is 25.9 Å². The van der Waals surface area contributed by atoms with Gasteiger partial charge in [-0.15, -0.1) is 0 Å². The molecule has 68 valence electrons. The zero-order chi connectivity index (χ0) is 9.19. The lowest BCUT2D eigenvalue weighted by Crippen LogP contribution is -2.10. The van der Waals surface area contributed by atoms with Crippen LogP contribution in [0.3, 0.4) is 0 Å². The molecular weight excluding hydrogens is 156 g/mol. The summed E-state index contributed by atoms with van der Waals surface area (Å²) in [5, 5.41) is 7.37. The molecule has 0 atom stereocenters. The maximum Gasteiger partial charge on any atom is 0.278 e. The molecule has 0 amide bonds. The predicted octanol–water partition coefficient (Wildman–Crippen LogP) is 1.67. The summed E-state index contributed by atoms with van der Waals surface area (Å²) in [7, 11) is 1.56. The fraction of sp³-hybridized carbons (Fsp3) is 0.750. The van der Waals surface area contributed by atoms with E-state index in [1.165, 1.54) is 0 Å². The van der Waals surface area contributed by atoms with E-state index in [0.717, 1.165) is 12.1 Å². The van der Waals surface area contributed by atoms with Crippen LogP contribution in [0.1, 0.15) is 26.5 Å². The molecule has 0 aliphatic heterocycles. The highest BCUT2D eigenvalue weighted by Gasteiger charge is 2.18. The van der Waals surface area contributed by atoms with Crippen LogP contribution >= 0.6 is 0 Å². The lowest BCUT2D eigenvalue weighted by Gasteiger charge is -2.15. The first-order valence-corrected chi connectivity index (χ1v) is 3.88. The van der Waals surface area contributed by atoms with Crippen LogP contribution in [0.5, 0.6) is 5.88 Å². The molecule has 0 unspecified atom stereocenters. The summed E-state index contributed by atoms with van der Waals surface area (Å²) in [6.07, 6.45) is 0.805. The summed E-state index contributed by atoms with van der Waals surface area (Å²) in [5.41, 5.74) is 0.955. The molecule has 1 aromatic rings. The minimum Gasteiger partial charge on any atom is -0.477 e. The Hall–Kier alpha value is -1.06. The number of nitrogens with zero attached hydrogens (tertiary/aromatic N) is 2. The molecule has 0 saturated carbocycles. The fourth-order valence-electron chi connectivity index (χ4n) is 0.964. The van der Waals surface area contributed by atoms with Crippen LogP contribution in [0.2, 0.25) is 0 Å².